The lowest BCUT2D eigenvalue weighted by Gasteiger charge is -2.37. The third kappa shape index (κ3) is 4.77. The largest absolute Gasteiger partial charge is 0.489 e. The van der Waals surface area contributed by atoms with Crippen LogP contribution in [0.3, 0.4) is 0 Å². The molecule has 2 aromatic carbocycles. The Hall–Kier alpha value is -1.59. The second kappa shape index (κ2) is 8.65. The van der Waals surface area contributed by atoms with E-state index in [0.29, 0.717) is 10.8 Å². The van der Waals surface area contributed by atoms with Gasteiger partial charge in [-0.05, 0) is 55.2 Å². The normalized spacial score (nSPS) is 15.0. The van der Waals surface area contributed by atoms with Crippen LogP contribution >= 0.6 is 34.5 Å². The number of nitrogens with zero attached hydrogens (tertiary/aromatic N) is 2. The number of hydrogen-bond acceptors (Lipinski definition) is 4. The van der Waals surface area contributed by atoms with Gasteiger partial charge in [-0.3, -0.25) is 4.90 Å². The Labute approximate surface area is 186 Å². The molecule has 0 atom stereocenters. The number of hydrogen-bond donors (Lipinski definition) is 0. The van der Waals surface area contributed by atoms with Crippen molar-refractivity contribution in [2.75, 3.05) is 13.1 Å². The highest BCUT2D eigenvalue weighted by Gasteiger charge is 2.23. The zero-order valence-corrected chi connectivity index (χ0v) is 19.1. The molecule has 152 valence electrons. The number of benzene rings is 2. The topological polar surface area (TPSA) is 25.4 Å². The van der Waals surface area contributed by atoms with Crippen LogP contribution in [0.4, 0.5) is 0 Å². The lowest BCUT2D eigenvalue weighted by Crippen LogP contribution is -2.44. The highest BCUT2D eigenvalue weighted by molar-refractivity contribution is 7.18. The molecule has 29 heavy (non-hydrogen) atoms. The van der Waals surface area contributed by atoms with Crippen molar-refractivity contribution < 1.29 is 4.74 Å². The van der Waals surface area contributed by atoms with E-state index in [1.807, 2.05) is 44.3 Å². The van der Waals surface area contributed by atoms with Gasteiger partial charge in [0.1, 0.15) is 10.8 Å². The standard InChI is InChI=1S/C23H24Cl2N2OS/c1-14(2)28-21-7-6-16(8-20(21)25)22-10-26-23(29-22)17-4-5-18(19(24)9-17)13-27-11-15(3)12-27/h4-10,14-15H,11-13H2,1-3H3. The molecule has 0 unspecified atom stereocenters. The van der Waals surface area contributed by atoms with E-state index >= 15 is 0 Å². The number of thiazole rings is 1. The highest BCUT2D eigenvalue weighted by atomic mass is 35.5. The van der Waals surface area contributed by atoms with Gasteiger partial charge in [0.15, 0.2) is 0 Å². The van der Waals surface area contributed by atoms with Crippen molar-refractivity contribution in [3.05, 3.63) is 58.2 Å². The molecule has 3 nitrogen and oxygen atoms in total. The van der Waals surface area contributed by atoms with Crippen molar-refractivity contribution in [3.8, 4) is 26.8 Å². The molecular weight excluding hydrogens is 423 g/mol. The van der Waals surface area contributed by atoms with Crippen LogP contribution in [0.15, 0.2) is 42.6 Å². The van der Waals surface area contributed by atoms with Crippen molar-refractivity contribution in [3.63, 3.8) is 0 Å². The third-order valence-electron chi connectivity index (χ3n) is 4.92. The quantitative estimate of drug-likeness (QED) is 0.406. The van der Waals surface area contributed by atoms with Gasteiger partial charge in [-0.15, -0.1) is 11.3 Å². The van der Waals surface area contributed by atoms with Crippen LogP contribution in [0, 0.1) is 5.92 Å². The average Bonchev–Trinajstić information content (AvgIpc) is 3.13. The van der Waals surface area contributed by atoms with E-state index in [0.717, 1.165) is 51.6 Å². The maximum atomic E-state index is 6.56. The highest BCUT2D eigenvalue weighted by Crippen LogP contribution is 2.37. The predicted molar refractivity (Wildman–Crippen MR) is 123 cm³/mol. The summed E-state index contributed by atoms with van der Waals surface area (Å²) in [4.78, 5) is 8.09. The van der Waals surface area contributed by atoms with Gasteiger partial charge in [0.2, 0.25) is 0 Å². The first-order valence-electron chi connectivity index (χ1n) is 9.82. The first-order valence-corrected chi connectivity index (χ1v) is 11.4. The number of aromatic nitrogens is 1. The summed E-state index contributed by atoms with van der Waals surface area (Å²) in [5.74, 6) is 1.50. The number of rotatable bonds is 6. The van der Waals surface area contributed by atoms with E-state index < -0.39 is 0 Å². The zero-order valence-electron chi connectivity index (χ0n) is 16.8. The molecule has 0 aliphatic carbocycles. The van der Waals surface area contributed by atoms with E-state index in [2.05, 4.69) is 28.9 Å². The molecule has 6 heteroatoms. The molecule has 1 fully saturated rings. The minimum Gasteiger partial charge on any atom is -0.489 e. The Morgan fingerprint density at radius 1 is 1.10 bits per heavy atom. The molecule has 1 aromatic heterocycles. The van der Waals surface area contributed by atoms with Gasteiger partial charge in [0.25, 0.3) is 0 Å². The Morgan fingerprint density at radius 2 is 1.83 bits per heavy atom. The van der Waals surface area contributed by atoms with Crippen LogP contribution in [0.5, 0.6) is 5.75 Å². The molecule has 1 aliphatic heterocycles. The molecule has 0 bridgehead atoms. The molecule has 0 N–H and O–H groups in total. The monoisotopic (exact) mass is 446 g/mol. The summed E-state index contributed by atoms with van der Waals surface area (Å²) in [5.41, 5.74) is 3.24. The van der Waals surface area contributed by atoms with Gasteiger partial charge in [0, 0.05) is 36.4 Å². The Kier molecular flexibility index (Phi) is 6.16. The SMILES string of the molecule is CC1CN(Cc2ccc(-c3ncc(-c4ccc(OC(C)C)c(Cl)c4)s3)cc2Cl)C1. The lowest BCUT2D eigenvalue weighted by molar-refractivity contribution is 0.105. The molecule has 1 aliphatic rings. The van der Waals surface area contributed by atoms with E-state index in [4.69, 9.17) is 27.9 Å². The minimum absolute atomic E-state index is 0.0885. The predicted octanol–water partition coefficient (Wildman–Crippen LogP) is 7.02. The molecule has 1 saturated heterocycles. The van der Waals surface area contributed by atoms with Gasteiger partial charge >= 0.3 is 0 Å². The van der Waals surface area contributed by atoms with Gasteiger partial charge in [-0.2, -0.15) is 0 Å². The number of halogens is 2. The lowest BCUT2D eigenvalue weighted by atomic mass is 10.0. The fourth-order valence-electron chi connectivity index (χ4n) is 3.55. The van der Waals surface area contributed by atoms with Crippen LogP contribution < -0.4 is 4.74 Å². The summed E-state index contributed by atoms with van der Waals surface area (Å²) >= 11 is 14.6. The summed E-state index contributed by atoms with van der Waals surface area (Å²) in [5, 5.41) is 2.36. The van der Waals surface area contributed by atoms with Crippen LogP contribution in [0.25, 0.3) is 21.0 Å². The zero-order chi connectivity index (χ0) is 20.5. The van der Waals surface area contributed by atoms with Gasteiger partial charge in [-0.25, -0.2) is 4.98 Å². The van der Waals surface area contributed by atoms with Gasteiger partial charge < -0.3 is 4.74 Å². The van der Waals surface area contributed by atoms with E-state index in [-0.39, 0.29) is 6.10 Å². The first kappa shape index (κ1) is 20.7. The maximum absolute atomic E-state index is 6.56. The molecule has 2 heterocycles. The number of ether oxygens (including phenoxy) is 1. The third-order valence-corrected chi connectivity index (χ3v) is 6.66. The summed E-state index contributed by atoms with van der Waals surface area (Å²) in [6, 6.07) is 12.1. The Morgan fingerprint density at radius 3 is 2.48 bits per heavy atom. The second-order valence-electron chi connectivity index (χ2n) is 7.95. The van der Waals surface area contributed by atoms with Crippen LogP contribution in [0.2, 0.25) is 10.0 Å². The van der Waals surface area contributed by atoms with E-state index in [1.54, 1.807) is 11.3 Å². The summed E-state index contributed by atoms with van der Waals surface area (Å²) in [6.07, 6.45) is 1.98. The van der Waals surface area contributed by atoms with Crippen molar-refractivity contribution in [1.82, 2.24) is 9.88 Å². The van der Waals surface area contributed by atoms with Crippen LogP contribution in [0.1, 0.15) is 26.3 Å². The maximum Gasteiger partial charge on any atom is 0.138 e. The minimum atomic E-state index is 0.0885. The summed E-state index contributed by atoms with van der Waals surface area (Å²) in [7, 11) is 0. The van der Waals surface area contributed by atoms with Gasteiger partial charge in [-0.1, -0.05) is 42.3 Å². The molecule has 0 saturated carbocycles. The van der Waals surface area contributed by atoms with Crippen LogP contribution in [-0.4, -0.2) is 29.1 Å². The van der Waals surface area contributed by atoms with E-state index in [1.165, 1.54) is 5.56 Å². The van der Waals surface area contributed by atoms with Crippen molar-refractivity contribution in [2.24, 2.45) is 5.92 Å². The molecular formula is C23H24Cl2N2OS. The van der Waals surface area contributed by atoms with Crippen molar-refractivity contribution >= 4 is 34.5 Å². The number of likely N-dealkylation sites (tertiary alicyclic amines) is 1. The molecule has 0 spiro atoms. The smallest absolute Gasteiger partial charge is 0.138 e. The fraction of sp³-hybridized carbons (Fsp3) is 0.348. The van der Waals surface area contributed by atoms with E-state index in [9.17, 15) is 0 Å². The summed E-state index contributed by atoms with van der Waals surface area (Å²) < 4.78 is 5.72. The Bertz CT molecular complexity index is 1010. The molecule has 4 rings (SSSR count). The van der Waals surface area contributed by atoms with Crippen LogP contribution in [-0.2, 0) is 6.54 Å². The fourth-order valence-corrected chi connectivity index (χ4v) is 4.93. The Balaban J connectivity index is 1.51. The molecule has 3 aromatic rings. The molecule has 0 radical (unpaired) electrons. The summed E-state index contributed by atoms with van der Waals surface area (Å²) in [6.45, 7) is 9.46. The second-order valence-corrected chi connectivity index (χ2v) is 9.79. The molecule has 0 amide bonds. The average molecular weight is 447 g/mol. The van der Waals surface area contributed by atoms with Crippen molar-refractivity contribution in [1.29, 1.82) is 0 Å². The first-order chi connectivity index (χ1) is 13.9. The van der Waals surface area contributed by atoms with Gasteiger partial charge in [0.05, 0.1) is 16.0 Å². The van der Waals surface area contributed by atoms with Crippen molar-refractivity contribution in [2.45, 2.75) is 33.4 Å².